The highest BCUT2D eigenvalue weighted by Crippen LogP contribution is 2.48. The van der Waals surface area contributed by atoms with Gasteiger partial charge in [-0.3, -0.25) is 0 Å². The summed E-state index contributed by atoms with van der Waals surface area (Å²) >= 11 is 1.82. The topological polar surface area (TPSA) is 169 Å². The summed E-state index contributed by atoms with van der Waals surface area (Å²) in [6.45, 7) is 0. The number of benzene rings is 14. The molecule has 0 aliphatic carbocycles. The number of rotatable bonds is 12. The molecule has 0 aliphatic heterocycles. The lowest BCUT2D eigenvalue weighted by Gasteiger charge is -2.12. The Labute approximate surface area is 647 Å². The fraction of sp³-hybridized carbons (Fsp3) is 0. The zero-order valence-corrected chi connectivity index (χ0v) is 60.6. The van der Waals surface area contributed by atoms with Crippen LogP contribution in [0.3, 0.4) is 0 Å². The average molecular weight is 1470 g/mol. The van der Waals surface area contributed by atoms with E-state index < -0.39 is 0 Å². The Morgan fingerprint density at radius 3 is 1.18 bits per heavy atom. The van der Waals surface area contributed by atoms with Crippen LogP contribution in [-0.2, 0) is 0 Å². The number of fused-ring (bicyclic) bond motifs is 15. The van der Waals surface area contributed by atoms with Gasteiger partial charge in [-0.2, -0.15) is 0 Å². The Hall–Kier alpha value is -15.3. The minimum absolute atomic E-state index is 0.509. The van der Waals surface area contributed by atoms with E-state index >= 15 is 0 Å². The number of hydrogen-bond donors (Lipinski definition) is 0. The van der Waals surface area contributed by atoms with Gasteiger partial charge in [0, 0.05) is 108 Å². The summed E-state index contributed by atoms with van der Waals surface area (Å²) in [7, 11) is 0. The van der Waals surface area contributed by atoms with Gasteiger partial charge in [0.05, 0.1) is 11.4 Å². The van der Waals surface area contributed by atoms with E-state index in [2.05, 4.69) is 152 Å². The van der Waals surface area contributed by atoms with E-state index in [1.54, 1.807) is 0 Å². The van der Waals surface area contributed by atoms with Gasteiger partial charge in [0.25, 0.3) is 0 Å². The van der Waals surface area contributed by atoms with Gasteiger partial charge in [0.15, 0.2) is 46.1 Å². The van der Waals surface area contributed by atoms with Gasteiger partial charge in [0.1, 0.15) is 55.9 Å². The number of hydrogen-bond acceptors (Lipinski definition) is 14. The molecule has 0 fully saturated rings. The second-order valence-corrected chi connectivity index (χ2v) is 29.2. The smallest absolute Gasteiger partial charge is 0.180 e. The van der Waals surface area contributed by atoms with Gasteiger partial charge < -0.3 is 17.7 Å². The molecular formula is C99H55N9O4S. The van der Waals surface area contributed by atoms with Crippen molar-refractivity contribution in [2.45, 2.75) is 0 Å². The SMILES string of the molecule is c1ccc(-c2nc(-c3cccc(-c4cccc(-c5nc(-c6cccc7c6oc6cccc(-c8nc(-c9ccccc9)nc(-c9cccc(-c%10cccc%11c%10sc%10ccccc%10%11)c9)n8)c67)c6oc7ccccc7c6n5)c4)c3)cc(-c3cccc4oc5c(-c6nc(-c7ccccc7)nc7c6oc6ccccc67)cccc5c34)n2)cc1. The third kappa shape index (κ3) is 10.6. The van der Waals surface area contributed by atoms with E-state index in [0.29, 0.717) is 90.9 Å². The quantitative estimate of drug-likeness (QED) is 0.113. The Balaban J connectivity index is 0.626. The minimum atomic E-state index is 0.509. The standard InChI is InChI=1S/C99H55N9O4S/c1-4-24-56(25-5-1)94-100-76(55-77(101-94)68-41-22-49-80-83(68)71-42-20-45-74(89(71)111-80)87-91-85(69-37-10-13-47-78(69)109-91)102-95(104-87)57-26-6-2-7-27-57)62-33-16-30-59(52-62)60-31-17-34-63(53-60)97-103-86-70-38-11-14-48-79(70)110-92(86)88(105-97)75-46-21-43-72-84-73(44-23-50-81(84)112-90(72)75)99-107-96(58-28-8-3-9-29-58)106-98(108-99)64-35-18-32-61(54-64)65-39-19-40-67-66-36-12-15-51-82(66)113-93(65)67/h1-55H. The first kappa shape index (κ1) is 63.8. The third-order valence-corrected chi connectivity index (χ3v) is 22.6. The van der Waals surface area contributed by atoms with Crippen molar-refractivity contribution in [1.82, 2.24) is 44.9 Å². The molecule has 0 radical (unpaired) electrons. The highest BCUT2D eigenvalue weighted by molar-refractivity contribution is 7.26. The van der Waals surface area contributed by atoms with Crippen molar-refractivity contribution < 1.29 is 17.7 Å². The van der Waals surface area contributed by atoms with Crippen LogP contribution in [0.25, 0.3) is 244 Å². The molecule has 113 heavy (non-hydrogen) atoms. The van der Waals surface area contributed by atoms with Gasteiger partial charge in [-0.15, -0.1) is 11.3 Å². The van der Waals surface area contributed by atoms with Gasteiger partial charge in [-0.25, -0.2) is 44.9 Å². The van der Waals surface area contributed by atoms with Crippen LogP contribution in [0.5, 0.6) is 0 Å². The predicted octanol–water partition coefficient (Wildman–Crippen LogP) is 26.2. The molecule has 23 aromatic rings. The molecule has 0 saturated heterocycles. The molecule has 0 unspecified atom stereocenters. The molecule has 0 aliphatic rings. The van der Waals surface area contributed by atoms with E-state index in [0.717, 1.165) is 133 Å². The lowest BCUT2D eigenvalue weighted by atomic mass is 9.97. The third-order valence-electron chi connectivity index (χ3n) is 21.4. The van der Waals surface area contributed by atoms with Crippen LogP contribution in [0, 0.1) is 0 Å². The first-order valence-corrected chi connectivity index (χ1v) is 38.1. The second-order valence-electron chi connectivity index (χ2n) is 28.2. The van der Waals surface area contributed by atoms with E-state index in [1.165, 1.54) is 20.2 Å². The highest BCUT2D eigenvalue weighted by Gasteiger charge is 2.28. The molecule has 13 nitrogen and oxygen atoms in total. The Kier molecular flexibility index (Phi) is 14.5. The molecule has 0 atom stereocenters. The van der Waals surface area contributed by atoms with Crippen LogP contribution < -0.4 is 0 Å². The molecular weight excluding hydrogens is 1410 g/mol. The average Bonchev–Trinajstić information content (AvgIpc) is 1.61. The summed E-state index contributed by atoms with van der Waals surface area (Å²) in [5.74, 6) is 3.29. The molecule has 0 spiro atoms. The Bertz CT molecular complexity index is 7840. The first-order valence-electron chi connectivity index (χ1n) is 37.3. The van der Waals surface area contributed by atoms with Gasteiger partial charge >= 0.3 is 0 Å². The molecule has 0 saturated carbocycles. The van der Waals surface area contributed by atoms with Gasteiger partial charge in [-0.05, 0) is 101 Å². The molecule has 14 aromatic carbocycles. The van der Waals surface area contributed by atoms with E-state index in [1.807, 2.05) is 193 Å². The summed E-state index contributed by atoms with van der Waals surface area (Å²) in [6, 6.07) is 113. The molecule has 526 valence electrons. The van der Waals surface area contributed by atoms with Crippen LogP contribution in [0.2, 0.25) is 0 Å². The normalized spacial score (nSPS) is 11.9. The van der Waals surface area contributed by atoms with E-state index in [-0.39, 0.29) is 0 Å². The van der Waals surface area contributed by atoms with Crippen molar-refractivity contribution in [2.24, 2.45) is 0 Å². The van der Waals surface area contributed by atoms with Gasteiger partial charge in [0.2, 0.25) is 0 Å². The lowest BCUT2D eigenvalue weighted by Crippen LogP contribution is -2.00. The molecule has 14 heteroatoms. The first-order chi connectivity index (χ1) is 56.0. The summed E-state index contributed by atoms with van der Waals surface area (Å²) in [6.07, 6.45) is 0. The highest BCUT2D eigenvalue weighted by atomic mass is 32.1. The molecule has 0 amide bonds. The van der Waals surface area contributed by atoms with Crippen LogP contribution in [-0.4, -0.2) is 44.9 Å². The van der Waals surface area contributed by atoms with E-state index in [4.69, 9.17) is 62.5 Å². The summed E-state index contributed by atoms with van der Waals surface area (Å²) in [5.41, 5.74) is 21.8. The van der Waals surface area contributed by atoms with Crippen molar-refractivity contribution in [3.8, 4) is 136 Å². The van der Waals surface area contributed by atoms with Crippen molar-refractivity contribution >= 4 is 120 Å². The number of aromatic nitrogens is 9. The zero-order chi connectivity index (χ0) is 74.2. The molecule has 23 rings (SSSR count). The Morgan fingerprint density at radius 1 is 0.204 bits per heavy atom. The number of furan rings is 4. The fourth-order valence-electron chi connectivity index (χ4n) is 16.1. The van der Waals surface area contributed by atoms with Crippen molar-refractivity contribution in [1.29, 1.82) is 0 Å². The molecule has 0 N–H and O–H groups in total. The zero-order valence-electron chi connectivity index (χ0n) is 59.8. The maximum absolute atomic E-state index is 7.10. The number of para-hydroxylation sites is 4. The van der Waals surface area contributed by atoms with Crippen molar-refractivity contribution in [3.63, 3.8) is 0 Å². The minimum Gasteiger partial charge on any atom is -0.455 e. The van der Waals surface area contributed by atoms with Gasteiger partial charge in [-0.1, -0.05) is 255 Å². The molecule has 9 aromatic heterocycles. The Morgan fingerprint density at radius 2 is 0.575 bits per heavy atom. The van der Waals surface area contributed by atoms with Crippen LogP contribution in [0.15, 0.2) is 351 Å². The van der Waals surface area contributed by atoms with E-state index in [9.17, 15) is 0 Å². The number of nitrogens with zero attached hydrogens (tertiary/aromatic N) is 9. The predicted molar refractivity (Wildman–Crippen MR) is 454 cm³/mol. The summed E-state index contributed by atoms with van der Waals surface area (Å²) in [5, 5.41) is 7.79. The fourth-order valence-corrected chi connectivity index (χ4v) is 17.4. The van der Waals surface area contributed by atoms with Crippen molar-refractivity contribution in [3.05, 3.63) is 334 Å². The molecule has 9 heterocycles. The molecule has 0 bridgehead atoms. The summed E-state index contributed by atoms with van der Waals surface area (Å²) in [4.78, 5) is 47.9. The van der Waals surface area contributed by atoms with Crippen molar-refractivity contribution in [2.75, 3.05) is 0 Å². The lowest BCUT2D eigenvalue weighted by molar-refractivity contribution is 0.663. The second kappa shape index (κ2) is 25.7. The largest absolute Gasteiger partial charge is 0.455 e. The summed E-state index contributed by atoms with van der Waals surface area (Å²) < 4.78 is 30.1. The van der Waals surface area contributed by atoms with Crippen LogP contribution in [0.1, 0.15) is 0 Å². The van der Waals surface area contributed by atoms with Crippen LogP contribution in [0.4, 0.5) is 0 Å². The maximum Gasteiger partial charge on any atom is 0.180 e. The maximum atomic E-state index is 7.10. The van der Waals surface area contributed by atoms with Crippen LogP contribution >= 0.6 is 11.3 Å². The monoisotopic (exact) mass is 1470 g/mol. The number of thiophene rings is 1.